The van der Waals surface area contributed by atoms with E-state index in [0.717, 1.165) is 12.7 Å². The van der Waals surface area contributed by atoms with Crippen molar-refractivity contribution in [1.29, 1.82) is 0 Å². The number of benzene rings is 2. The fourth-order valence-corrected chi connectivity index (χ4v) is 3.47. The van der Waals surface area contributed by atoms with Crippen LogP contribution in [0.5, 0.6) is 5.75 Å². The van der Waals surface area contributed by atoms with Gasteiger partial charge >= 0.3 is 35.5 Å². The molecule has 140 valence electrons. The standard InChI is InChI=1S/C17H17Cl2O6P.Na/c1-11-3-5-12(6-4-11)17(26(21,22)23-2)25-16(20)10-24-15-8-7-13(18)9-14(15)19;/h3-9,17H,10H2,1-2H3,(H,21,22);/q;+1/p-1. The third-order valence-electron chi connectivity index (χ3n) is 3.39. The summed E-state index contributed by atoms with van der Waals surface area (Å²) in [5, 5.41) is 0.628. The molecule has 0 amide bonds. The van der Waals surface area contributed by atoms with Gasteiger partial charge in [0.1, 0.15) is 5.75 Å². The van der Waals surface area contributed by atoms with Gasteiger partial charge in [0.15, 0.2) is 20.0 Å². The summed E-state index contributed by atoms with van der Waals surface area (Å²) in [6.45, 7) is 1.31. The summed E-state index contributed by atoms with van der Waals surface area (Å²) in [5.41, 5.74) is 1.20. The summed E-state index contributed by atoms with van der Waals surface area (Å²) >= 11 is 11.7. The number of carbonyl (C=O) groups excluding carboxylic acids is 1. The predicted octanol–water partition coefficient (Wildman–Crippen LogP) is 1.13. The third kappa shape index (κ3) is 7.08. The second kappa shape index (κ2) is 10.8. The molecule has 2 unspecified atom stereocenters. The molecule has 0 fully saturated rings. The number of ether oxygens (including phenoxy) is 2. The molecule has 10 heteroatoms. The number of aryl methyl sites for hydroxylation is 1. The smallest absolute Gasteiger partial charge is 0.776 e. The van der Waals surface area contributed by atoms with Gasteiger partial charge in [-0.25, -0.2) is 4.79 Å². The van der Waals surface area contributed by atoms with Crippen LogP contribution in [0.3, 0.4) is 0 Å². The Labute approximate surface area is 189 Å². The van der Waals surface area contributed by atoms with Crippen molar-refractivity contribution in [3.05, 3.63) is 63.6 Å². The topological polar surface area (TPSA) is 84.9 Å². The molecule has 6 nitrogen and oxygen atoms in total. The van der Waals surface area contributed by atoms with Gasteiger partial charge in [0.2, 0.25) is 0 Å². The first kappa shape index (κ1) is 24.5. The molecule has 27 heavy (non-hydrogen) atoms. The molecule has 0 aromatic heterocycles. The average molecular weight is 441 g/mol. The van der Waals surface area contributed by atoms with E-state index in [9.17, 15) is 14.3 Å². The molecular weight excluding hydrogens is 425 g/mol. The minimum absolute atomic E-state index is 0. The number of rotatable bonds is 7. The van der Waals surface area contributed by atoms with Crippen LogP contribution in [0, 0.1) is 6.92 Å². The van der Waals surface area contributed by atoms with E-state index in [2.05, 4.69) is 4.52 Å². The van der Waals surface area contributed by atoms with Crippen LogP contribution in [-0.4, -0.2) is 19.7 Å². The van der Waals surface area contributed by atoms with E-state index in [0.29, 0.717) is 5.02 Å². The molecule has 2 aromatic rings. The van der Waals surface area contributed by atoms with Crippen LogP contribution < -0.4 is 39.2 Å². The van der Waals surface area contributed by atoms with Crippen molar-refractivity contribution >= 4 is 36.8 Å². The Morgan fingerprint density at radius 3 is 2.37 bits per heavy atom. The summed E-state index contributed by atoms with van der Waals surface area (Å²) < 4.78 is 27.0. The first-order valence-electron chi connectivity index (χ1n) is 7.43. The maximum atomic E-state index is 12.1. The Kier molecular flexibility index (Phi) is 9.83. The third-order valence-corrected chi connectivity index (χ3v) is 5.40. The molecule has 2 atom stereocenters. The van der Waals surface area contributed by atoms with E-state index < -0.39 is 26.0 Å². The Balaban J connectivity index is 0.00000364. The summed E-state index contributed by atoms with van der Waals surface area (Å²) in [7, 11) is -3.47. The normalized spacial score (nSPS) is 13.8. The monoisotopic (exact) mass is 440 g/mol. The minimum Gasteiger partial charge on any atom is -0.776 e. The zero-order valence-electron chi connectivity index (χ0n) is 15.0. The first-order chi connectivity index (χ1) is 12.2. The Hall–Kier alpha value is -0.560. The quantitative estimate of drug-likeness (QED) is 0.364. The molecule has 0 N–H and O–H groups in total. The van der Waals surface area contributed by atoms with Gasteiger partial charge in [-0.05, 0) is 25.1 Å². The van der Waals surface area contributed by atoms with Crippen LogP contribution >= 0.6 is 30.8 Å². The van der Waals surface area contributed by atoms with E-state index in [1.54, 1.807) is 30.3 Å². The number of esters is 1. The molecule has 0 bridgehead atoms. The predicted molar refractivity (Wildman–Crippen MR) is 96.6 cm³/mol. The minimum atomic E-state index is -4.48. The number of halogens is 2. The van der Waals surface area contributed by atoms with Crippen molar-refractivity contribution in [3.8, 4) is 5.75 Å². The summed E-state index contributed by atoms with van der Waals surface area (Å²) in [4.78, 5) is 24.2. The van der Waals surface area contributed by atoms with Crippen LogP contribution in [0.1, 0.15) is 17.0 Å². The number of hydrogen-bond donors (Lipinski definition) is 0. The van der Waals surface area contributed by atoms with Gasteiger partial charge in [-0.15, -0.1) is 0 Å². The fourth-order valence-electron chi connectivity index (χ4n) is 2.03. The van der Waals surface area contributed by atoms with Crippen LogP contribution in [0.25, 0.3) is 0 Å². The van der Waals surface area contributed by atoms with Crippen molar-refractivity contribution < 1.29 is 57.8 Å². The Morgan fingerprint density at radius 2 is 1.81 bits per heavy atom. The van der Waals surface area contributed by atoms with Gasteiger partial charge in [-0.1, -0.05) is 53.0 Å². The summed E-state index contributed by atoms with van der Waals surface area (Å²) in [5.74, 6) is -2.25. The Bertz CT molecular complexity index is 831. The fraction of sp³-hybridized carbons (Fsp3) is 0.235. The molecule has 0 spiro atoms. The zero-order valence-corrected chi connectivity index (χ0v) is 19.4. The van der Waals surface area contributed by atoms with E-state index in [1.807, 2.05) is 6.92 Å². The Morgan fingerprint density at radius 1 is 1.19 bits per heavy atom. The maximum Gasteiger partial charge on any atom is 1.00 e. The van der Waals surface area contributed by atoms with E-state index in [-0.39, 0.29) is 45.9 Å². The van der Waals surface area contributed by atoms with Crippen molar-refractivity contribution in [2.24, 2.45) is 0 Å². The molecule has 0 heterocycles. The molecule has 0 radical (unpaired) electrons. The molecule has 0 saturated heterocycles. The van der Waals surface area contributed by atoms with Gasteiger partial charge in [0.05, 0.1) is 5.02 Å². The van der Waals surface area contributed by atoms with Crippen LogP contribution in [0.2, 0.25) is 10.0 Å². The zero-order chi connectivity index (χ0) is 19.3. The van der Waals surface area contributed by atoms with Crippen molar-refractivity contribution in [2.45, 2.75) is 12.8 Å². The molecule has 0 aliphatic heterocycles. The van der Waals surface area contributed by atoms with Crippen LogP contribution in [0.4, 0.5) is 0 Å². The summed E-state index contributed by atoms with van der Waals surface area (Å²) in [6.07, 6.45) is 0. The van der Waals surface area contributed by atoms with Gasteiger partial charge in [0.25, 0.3) is 0 Å². The molecule has 2 rings (SSSR count). The average Bonchev–Trinajstić information content (AvgIpc) is 2.59. The van der Waals surface area contributed by atoms with Crippen molar-refractivity contribution in [1.82, 2.24) is 0 Å². The SMILES string of the molecule is COP(=O)([O-])C(OC(=O)COc1ccc(Cl)cc1Cl)c1ccc(C)cc1.[Na+]. The molecular formula is C17H16Cl2NaO6P. The van der Waals surface area contributed by atoms with Crippen molar-refractivity contribution in [3.63, 3.8) is 0 Å². The van der Waals surface area contributed by atoms with Gasteiger partial charge in [-0.3, -0.25) is 0 Å². The molecule has 0 aliphatic rings. The van der Waals surface area contributed by atoms with E-state index >= 15 is 0 Å². The number of carbonyl (C=O) groups is 1. The van der Waals surface area contributed by atoms with Crippen LogP contribution in [-0.2, 0) is 18.6 Å². The number of hydrogen-bond acceptors (Lipinski definition) is 6. The van der Waals surface area contributed by atoms with Crippen LogP contribution in [0.15, 0.2) is 42.5 Å². The molecule has 0 aliphatic carbocycles. The second-order valence-corrected chi connectivity index (χ2v) is 8.10. The maximum absolute atomic E-state index is 12.1. The van der Waals surface area contributed by atoms with E-state index in [4.69, 9.17) is 32.7 Å². The van der Waals surface area contributed by atoms with Crippen molar-refractivity contribution in [2.75, 3.05) is 13.7 Å². The summed E-state index contributed by atoms with van der Waals surface area (Å²) in [6, 6.07) is 11.0. The largest absolute Gasteiger partial charge is 1.00 e. The first-order valence-corrected chi connectivity index (χ1v) is 9.80. The molecule has 2 aromatic carbocycles. The van der Waals surface area contributed by atoms with Gasteiger partial charge in [0, 0.05) is 17.7 Å². The molecule has 0 saturated carbocycles. The van der Waals surface area contributed by atoms with Gasteiger partial charge in [-0.2, -0.15) is 0 Å². The van der Waals surface area contributed by atoms with Gasteiger partial charge < -0.3 is 23.5 Å². The van der Waals surface area contributed by atoms with E-state index in [1.165, 1.54) is 12.1 Å². The second-order valence-electron chi connectivity index (χ2n) is 5.34.